The highest BCUT2D eigenvalue weighted by Crippen LogP contribution is 1.77. The summed E-state index contributed by atoms with van der Waals surface area (Å²) < 4.78 is 4.32. The zero-order chi connectivity index (χ0) is 7.98. The van der Waals surface area contributed by atoms with Crippen molar-refractivity contribution in [3.05, 3.63) is 0 Å². The van der Waals surface area contributed by atoms with E-state index in [4.69, 9.17) is 0 Å². The zero-order valence-corrected chi connectivity index (χ0v) is 5.53. The number of ketones is 1. The van der Waals surface area contributed by atoms with E-state index in [2.05, 4.69) is 15.7 Å². The molecule has 0 saturated carbocycles. The largest absolute Gasteiger partial charge is 0.460 e. The Morgan fingerprint density at radius 3 is 2.70 bits per heavy atom. The van der Waals surface area contributed by atoms with Crippen LogP contribution in [-0.4, -0.2) is 24.6 Å². The molecule has 0 aromatic heterocycles. The average Bonchev–Trinajstić information content (AvgIpc) is 1.89. The van der Waals surface area contributed by atoms with E-state index in [9.17, 15) is 9.59 Å². The summed E-state index contributed by atoms with van der Waals surface area (Å²) in [6, 6.07) is 0. The van der Waals surface area contributed by atoms with Crippen molar-refractivity contribution in [2.75, 3.05) is 6.61 Å². The highest BCUT2D eigenvalue weighted by Gasteiger charge is 2.10. The Hall–Kier alpha value is -1.39. The number of Topliss-reactive ketones (excluding diaryl/α,β-unsaturated/α-hetero) is 1. The number of rotatable bonds is 3. The first-order chi connectivity index (χ1) is 4.72. The number of hydrogen-bond donors (Lipinski definition) is 1. The first kappa shape index (κ1) is 8.61. The lowest BCUT2D eigenvalue weighted by atomic mass is 10.4. The Morgan fingerprint density at radius 1 is 1.70 bits per heavy atom. The minimum Gasteiger partial charge on any atom is -0.460 e. The highest BCUT2D eigenvalue weighted by molar-refractivity contribution is 6.56. The van der Waals surface area contributed by atoms with E-state index in [0.717, 1.165) is 0 Å². The van der Waals surface area contributed by atoms with Crippen LogP contribution in [0.15, 0.2) is 5.10 Å². The molecule has 0 fully saturated rings. The molecular formula is C5H8N2O3. The van der Waals surface area contributed by atoms with Crippen LogP contribution in [0.2, 0.25) is 0 Å². The van der Waals surface area contributed by atoms with Crippen LogP contribution in [-0.2, 0) is 14.3 Å². The molecule has 0 saturated heterocycles. The third-order valence-corrected chi connectivity index (χ3v) is 0.668. The fourth-order valence-corrected chi connectivity index (χ4v) is 0.323. The topological polar surface area (TPSA) is 81.8 Å². The van der Waals surface area contributed by atoms with Crippen LogP contribution < -0.4 is 5.84 Å². The number of nitrogens with two attached hydrogens (primary N) is 1. The van der Waals surface area contributed by atoms with Crippen molar-refractivity contribution in [3.63, 3.8) is 0 Å². The predicted molar refractivity (Wildman–Crippen MR) is 34.3 cm³/mol. The number of nitrogens with zero attached hydrogens (tertiary/aromatic N) is 1. The molecule has 0 aromatic rings. The molecule has 0 amide bonds. The van der Waals surface area contributed by atoms with E-state index >= 15 is 0 Å². The van der Waals surface area contributed by atoms with E-state index in [-0.39, 0.29) is 6.61 Å². The molecule has 5 heteroatoms. The maximum atomic E-state index is 10.4. The molecule has 0 unspecified atom stereocenters. The van der Waals surface area contributed by atoms with Crippen LogP contribution in [0.4, 0.5) is 0 Å². The molecule has 0 atom stereocenters. The summed E-state index contributed by atoms with van der Waals surface area (Å²) in [6.45, 7) is 1.77. The molecule has 0 bridgehead atoms. The average molecular weight is 144 g/mol. The predicted octanol–water partition coefficient (Wildman–Crippen LogP) is -0.937. The van der Waals surface area contributed by atoms with Crippen LogP contribution >= 0.6 is 0 Å². The minimum absolute atomic E-state index is 0.170. The summed E-state index contributed by atoms with van der Waals surface area (Å²) in [7, 11) is 0. The second kappa shape index (κ2) is 4.49. The van der Waals surface area contributed by atoms with Crippen molar-refractivity contribution in [2.24, 2.45) is 10.9 Å². The highest BCUT2D eigenvalue weighted by atomic mass is 16.5. The summed E-state index contributed by atoms with van der Waals surface area (Å²) in [5, 5.41) is 2.86. The second-order valence-electron chi connectivity index (χ2n) is 1.36. The van der Waals surface area contributed by atoms with Crippen molar-refractivity contribution < 1.29 is 14.3 Å². The maximum absolute atomic E-state index is 10.4. The van der Waals surface area contributed by atoms with Gasteiger partial charge in [-0.2, -0.15) is 5.10 Å². The van der Waals surface area contributed by atoms with E-state index < -0.39 is 11.8 Å². The van der Waals surface area contributed by atoms with Gasteiger partial charge >= 0.3 is 5.97 Å². The van der Waals surface area contributed by atoms with Crippen LogP contribution in [0.1, 0.15) is 6.92 Å². The molecule has 0 spiro atoms. The molecule has 5 nitrogen and oxygen atoms in total. The van der Waals surface area contributed by atoms with Gasteiger partial charge in [0.1, 0.15) is 6.21 Å². The van der Waals surface area contributed by atoms with Crippen molar-refractivity contribution in [3.8, 4) is 0 Å². The molecule has 0 aliphatic rings. The number of carbonyl (C=O) groups is 2. The Kier molecular flexibility index (Phi) is 3.86. The molecule has 10 heavy (non-hydrogen) atoms. The van der Waals surface area contributed by atoms with Gasteiger partial charge in [-0.15, -0.1) is 0 Å². The van der Waals surface area contributed by atoms with Gasteiger partial charge in [0.25, 0.3) is 5.78 Å². The van der Waals surface area contributed by atoms with E-state index in [0.29, 0.717) is 6.21 Å². The van der Waals surface area contributed by atoms with Gasteiger partial charge < -0.3 is 10.6 Å². The van der Waals surface area contributed by atoms with Gasteiger partial charge in [-0.05, 0) is 6.92 Å². The van der Waals surface area contributed by atoms with E-state index in [1.807, 2.05) is 0 Å². The fourth-order valence-electron chi connectivity index (χ4n) is 0.323. The van der Waals surface area contributed by atoms with Gasteiger partial charge in [0, 0.05) is 0 Å². The van der Waals surface area contributed by atoms with Crippen LogP contribution in [0, 0.1) is 0 Å². The number of hydrogen-bond acceptors (Lipinski definition) is 5. The first-order valence-electron chi connectivity index (χ1n) is 2.66. The van der Waals surface area contributed by atoms with Crippen LogP contribution in [0.25, 0.3) is 0 Å². The molecule has 2 N–H and O–H groups in total. The molecule has 0 heterocycles. The summed E-state index contributed by atoms with van der Waals surface area (Å²) >= 11 is 0. The normalized spacial score (nSPS) is 9.70. The smallest absolute Gasteiger partial charge is 0.380 e. The second-order valence-corrected chi connectivity index (χ2v) is 1.36. The zero-order valence-electron chi connectivity index (χ0n) is 5.53. The van der Waals surface area contributed by atoms with Gasteiger partial charge in [0.2, 0.25) is 0 Å². The molecule has 56 valence electrons. The summed E-state index contributed by atoms with van der Waals surface area (Å²) in [4.78, 5) is 20.8. The number of hydrazone groups is 1. The Morgan fingerprint density at radius 2 is 2.30 bits per heavy atom. The molecule has 0 aromatic carbocycles. The molecule has 0 aliphatic heterocycles. The first-order valence-corrected chi connectivity index (χ1v) is 2.66. The third-order valence-electron chi connectivity index (χ3n) is 0.668. The fraction of sp³-hybridized carbons (Fsp3) is 0.400. The van der Waals surface area contributed by atoms with Gasteiger partial charge in [-0.25, -0.2) is 4.79 Å². The van der Waals surface area contributed by atoms with Crippen molar-refractivity contribution in [1.82, 2.24) is 0 Å². The van der Waals surface area contributed by atoms with Crippen LogP contribution in [0.3, 0.4) is 0 Å². The van der Waals surface area contributed by atoms with Crippen molar-refractivity contribution in [1.29, 1.82) is 0 Å². The lowest BCUT2D eigenvalue weighted by Gasteiger charge is -1.93. The molecule has 0 radical (unpaired) electrons. The van der Waals surface area contributed by atoms with E-state index in [1.165, 1.54) is 0 Å². The number of ether oxygens (including phenoxy) is 1. The van der Waals surface area contributed by atoms with Gasteiger partial charge in [-0.1, -0.05) is 0 Å². The van der Waals surface area contributed by atoms with E-state index in [1.54, 1.807) is 6.92 Å². The Bertz CT molecular complexity index is 164. The summed E-state index contributed by atoms with van der Waals surface area (Å²) in [6.07, 6.45) is 0.706. The maximum Gasteiger partial charge on any atom is 0.380 e. The summed E-state index contributed by atoms with van der Waals surface area (Å²) in [5.74, 6) is 2.83. The standard InChI is InChI=1S/C5H8N2O3/c1-2-10-5(9)4(8)3-7-6/h3H,2,6H2,1H3/b7-3-. The molecule has 0 rings (SSSR count). The summed E-state index contributed by atoms with van der Waals surface area (Å²) in [5.41, 5.74) is 0. The Labute approximate surface area is 57.8 Å². The molecule has 0 aliphatic carbocycles. The number of carbonyl (C=O) groups excluding carboxylic acids is 2. The van der Waals surface area contributed by atoms with Gasteiger partial charge in [0.15, 0.2) is 0 Å². The lowest BCUT2D eigenvalue weighted by molar-refractivity contribution is -0.150. The van der Waals surface area contributed by atoms with Gasteiger partial charge in [-0.3, -0.25) is 4.79 Å². The third kappa shape index (κ3) is 2.81. The SMILES string of the molecule is CCOC(=O)C(=O)/C=N\N. The van der Waals surface area contributed by atoms with Crippen molar-refractivity contribution >= 4 is 18.0 Å². The quantitative estimate of drug-likeness (QED) is 0.182. The monoisotopic (exact) mass is 144 g/mol. The molecular weight excluding hydrogens is 136 g/mol. The van der Waals surface area contributed by atoms with Crippen molar-refractivity contribution in [2.45, 2.75) is 6.92 Å². The minimum atomic E-state index is -0.934. The number of esters is 1. The lowest BCUT2D eigenvalue weighted by Crippen LogP contribution is -2.18. The Balaban J connectivity index is 3.83. The van der Waals surface area contributed by atoms with Gasteiger partial charge in [0.05, 0.1) is 6.61 Å². The van der Waals surface area contributed by atoms with Crippen LogP contribution in [0.5, 0.6) is 0 Å².